The molecule has 0 aromatic heterocycles. The molecule has 0 radical (unpaired) electrons. The highest BCUT2D eigenvalue weighted by atomic mass is 35.5. The number of benzene rings is 1. The predicted molar refractivity (Wildman–Crippen MR) is 85.4 cm³/mol. The molecule has 1 aromatic carbocycles. The zero-order chi connectivity index (χ0) is 14.8. The number of nitrogens with zero attached hydrogens (tertiary/aromatic N) is 2. The van der Waals surface area contributed by atoms with Gasteiger partial charge in [-0.1, -0.05) is 17.7 Å². The number of rotatable bonds is 3. The van der Waals surface area contributed by atoms with E-state index in [4.69, 9.17) is 11.6 Å². The van der Waals surface area contributed by atoms with Crippen LogP contribution in [0.1, 0.15) is 30.4 Å². The van der Waals surface area contributed by atoms with Crippen LogP contribution in [0.15, 0.2) is 18.2 Å². The molecule has 1 aliphatic heterocycles. The fourth-order valence-corrected chi connectivity index (χ4v) is 3.24. The maximum atomic E-state index is 12.2. The Morgan fingerprint density at radius 1 is 1.24 bits per heavy atom. The SMILES string of the molecule is Cc1cc(Cl)ccc1CN1CCCN(C(=O)C2CC2)CC1. The van der Waals surface area contributed by atoms with Crippen LogP contribution in [0.5, 0.6) is 0 Å². The molecule has 1 aromatic rings. The van der Waals surface area contributed by atoms with Gasteiger partial charge in [-0.15, -0.1) is 0 Å². The van der Waals surface area contributed by atoms with Crippen molar-refractivity contribution in [3.63, 3.8) is 0 Å². The van der Waals surface area contributed by atoms with Crippen molar-refractivity contribution in [3.8, 4) is 0 Å². The largest absolute Gasteiger partial charge is 0.341 e. The van der Waals surface area contributed by atoms with Gasteiger partial charge in [0.15, 0.2) is 0 Å². The average Bonchev–Trinajstić information content (AvgIpc) is 3.28. The highest BCUT2D eigenvalue weighted by Gasteiger charge is 2.33. The van der Waals surface area contributed by atoms with Crippen LogP contribution in [0.25, 0.3) is 0 Å². The van der Waals surface area contributed by atoms with Gasteiger partial charge in [-0.25, -0.2) is 0 Å². The molecule has 0 N–H and O–H groups in total. The molecule has 2 fully saturated rings. The van der Waals surface area contributed by atoms with Crippen molar-refractivity contribution in [1.82, 2.24) is 9.80 Å². The molecule has 0 bridgehead atoms. The second-order valence-corrected chi connectivity index (χ2v) is 6.74. The van der Waals surface area contributed by atoms with E-state index in [2.05, 4.69) is 22.8 Å². The minimum atomic E-state index is 0.343. The molecule has 1 heterocycles. The summed E-state index contributed by atoms with van der Waals surface area (Å²) >= 11 is 6.02. The molecule has 3 nitrogen and oxygen atoms in total. The lowest BCUT2D eigenvalue weighted by molar-refractivity contribution is -0.132. The molecule has 0 atom stereocenters. The first-order valence-corrected chi connectivity index (χ1v) is 8.27. The van der Waals surface area contributed by atoms with Crippen LogP contribution in [0.2, 0.25) is 5.02 Å². The molecular weight excluding hydrogens is 284 g/mol. The Labute approximate surface area is 131 Å². The summed E-state index contributed by atoms with van der Waals surface area (Å²) < 4.78 is 0. The van der Waals surface area contributed by atoms with Crippen LogP contribution in [0.3, 0.4) is 0 Å². The summed E-state index contributed by atoms with van der Waals surface area (Å²) in [5, 5.41) is 0.799. The van der Waals surface area contributed by atoms with Gasteiger partial charge in [0.05, 0.1) is 0 Å². The fourth-order valence-electron chi connectivity index (χ4n) is 3.02. The van der Waals surface area contributed by atoms with Gasteiger partial charge < -0.3 is 4.90 Å². The molecule has 1 amide bonds. The molecule has 0 unspecified atom stereocenters. The normalized spacial score (nSPS) is 20.4. The van der Waals surface area contributed by atoms with Crippen LogP contribution < -0.4 is 0 Å². The zero-order valence-corrected chi connectivity index (χ0v) is 13.4. The molecular formula is C17H23ClN2O. The van der Waals surface area contributed by atoms with Crippen LogP contribution in [-0.2, 0) is 11.3 Å². The van der Waals surface area contributed by atoms with Crippen LogP contribution >= 0.6 is 11.6 Å². The number of amides is 1. The third-order valence-electron chi connectivity index (χ3n) is 4.53. The van der Waals surface area contributed by atoms with Crippen molar-refractivity contribution in [2.75, 3.05) is 26.2 Å². The highest BCUT2D eigenvalue weighted by molar-refractivity contribution is 6.30. The minimum absolute atomic E-state index is 0.343. The summed E-state index contributed by atoms with van der Waals surface area (Å²) in [7, 11) is 0. The van der Waals surface area contributed by atoms with E-state index in [1.807, 2.05) is 12.1 Å². The Hall–Kier alpha value is -1.06. The second kappa shape index (κ2) is 6.37. The summed E-state index contributed by atoms with van der Waals surface area (Å²) in [5.41, 5.74) is 2.58. The average molecular weight is 307 g/mol. The van der Waals surface area contributed by atoms with E-state index in [-0.39, 0.29) is 0 Å². The lowest BCUT2D eigenvalue weighted by Gasteiger charge is -2.22. The smallest absolute Gasteiger partial charge is 0.225 e. The van der Waals surface area contributed by atoms with Crippen LogP contribution in [0.4, 0.5) is 0 Å². The van der Waals surface area contributed by atoms with Crippen LogP contribution in [0, 0.1) is 12.8 Å². The van der Waals surface area contributed by atoms with Gasteiger partial charge in [-0.05, 0) is 49.4 Å². The van der Waals surface area contributed by atoms with Crippen molar-refractivity contribution >= 4 is 17.5 Å². The number of hydrogen-bond acceptors (Lipinski definition) is 2. The maximum absolute atomic E-state index is 12.2. The number of carbonyl (C=O) groups is 1. The Kier molecular flexibility index (Phi) is 4.51. The standard InChI is InChI=1S/C17H23ClN2O/c1-13-11-16(18)6-5-15(13)12-19-7-2-8-20(10-9-19)17(21)14-3-4-14/h5-6,11,14H,2-4,7-10,12H2,1H3. The molecule has 4 heteroatoms. The van der Waals surface area contributed by atoms with Crippen LogP contribution in [-0.4, -0.2) is 41.9 Å². The fraction of sp³-hybridized carbons (Fsp3) is 0.588. The Morgan fingerprint density at radius 3 is 2.76 bits per heavy atom. The lowest BCUT2D eigenvalue weighted by Crippen LogP contribution is -2.36. The zero-order valence-electron chi connectivity index (χ0n) is 12.6. The summed E-state index contributed by atoms with van der Waals surface area (Å²) in [6.45, 7) is 6.90. The molecule has 0 spiro atoms. The molecule has 21 heavy (non-hydrogen) atoms. The first-order chi connectivity index (χ1) is 10.1. The third kappa shape index (κ3) is 3.78. The van der Waals surface area contributed by atoms with E-state index in [0.29, 0.717) is 11.8 Å². The van der Waals surface area contributed by atoms with E-state index >= 15 is 0 Å². The lowest BCUT2D eigenvalue weighted by atomic mass is 10.1. The molecule has 2 aliphatic rings. The van der Waals surface area contributed by atoms with Gasteiger partial charge in [0, 0.05) is 43.7 Å². The maximum Gasteiger partial charge on any atom is 0.225 e. The molecule has 1 aliphatic carbocycles. The van der Waals surface area contributed by atoms with Gasteiger partial charge in [0.2, 0.25) is 5.91 Å². The van der Waals surface area contributed by atoms with Gasteiger partial charge in [-0.2, -0.15) is 0 Å². The van der Waals surface area contributed by atoms with E-state index in [1.54, 1.807) is 0 Å². The summed E-state index contributed by atoms with van der Waals surface area (Å²) in [4.78, 5) is 16.7. The first-order valence-electron chi connectivity index (χ1n) is 7.89. The van der Waals surface area contributed by atoms with Gasteiger partial charge in [0.1, 0.15) is 0 Å². The second-order valence-electron chi connectivity index (χ2n) is 6.30. The van der Waals surface area contributed by atoms with Gasteiger partial charge in [-0.3, -0.25) is 9.69 Å². The van der Waals surface area contributed by atoms with Crippen molar-refractivity contribution in [3.05, 3.63) is 34.3 Å². The predicted octanol–water partition coefficient (Wildman–Crippen LogP) is 3.09. The van der Waals surface area contributed by atoms with E-state index in [9.17, 15) is 4.79 Å². The quantitative estimate of drug-likeness (QED) is 0.857. The number of halogens is 1. The van der Waals surface area contributed by atoms with Gasteiger partial charge >= 0.3 is 0 Å². The number of hydrogen-bond donors (Lipinski definition) is 0. The molecule has 1 saturated heterocycles. The molecule has 1 saturated carbocycles. The number of aryl methyl sites for hydroxylation is 1. The van der Waals surface area contributed by atoms with Crippen molar-refractivity contribution in [1.29, 1.82) is 0 Å². The first kappa shape index (κ1) is 14.9. The van der Waals surface area contributed by atoms with Crippen molar-refractivity contribution in [2.45, 2.75) is 32.7 Å². The highest BCUT2D eigenvalue weighted by Crippen LogP contribution is 2.31. The summed E-state index contributed by atoms with van der Waals surface area (Å²) in [5.74, 6) is 0.731. The summed E-state index contributed by atoms with van der Waals surface area (Å²) in [6.07, 6.45) is 3.27. The monoisotopic (exact) mass is 306 g/mol. The number of carbonyl (C=O) groups excluding carboxylic acids is 1. The molecule has 3 rings (SSSR count). The topological polar surface area (TPSA) is 23.6 Å². The molecule has 114 valence electrons. The van der Waals surface area contributed by atoms with Crippen molar-refractivity contribution < 1.29 is 4.79 Å². The Morgan fingerprint density at radius 2 is 2.05 bits per heavy atom. The van der Waals surface area contributed by atoms with Crippen molar-refractivity contribution in [2.24, 2.45) is 5.92 Å². The summed E-state index contributed by atoms with van der Waals surface area (Å²) in [6, 6.07) is 6.11. The van der Waals surface area contributed by atoms with E-state index < -0.39 is 0 Å². The van der Waals surface area contributed by atoms with E-state index in [0.717, 1.165) is 57.0 Å². The third-order valence-corrected chi connectivity index (χ3v) is 4.76. The minimum Gasteiger partial charge on any atom is -0.341 e. The Bertz CT molecular complexity index is 528. The van der Waals surface area contributed by atoms with Gasteiger partial charge in [0.25, 0.3) is 0 Å². The van der Waals surface area contributed by atoms with E-state index in [1.165, 1.54) is 11.1 Å². The Balaban J connectivity index is 1.58.